The molecule has 86 valence electrons. The van der Waals surface area contributed by atoms with E-state index in [0.29, 0.717) is 0 Å². The van der Waals surface area contributed by atoms with E-state index in [2.05, 4.69) is 17.1 Å². The van der Waals surface area contributed by atoms with Crippen molar-refractivity contribution in [3.63, 3.8) is 0 Å². The van der Waals surface area contributed by atoms with E-state index in [1.165, 1.54) is 19.3 Å². The zero-order valence-corrected chi connectivity index (χ0v) is 9.69. The van der Waals surface area contributed by atoms with E-state index >= 15 is 0 Å². The molecule has 16 heavy (non-hydrogen) atoms. The van der Waals surface area contributed by atoms with Gasteiger partial charge in [0.15, 0.2) is 0 Å². The monoisotopic (exact) mass is 217 g/mol. The lowest BCUT2D eigenvalue weighted by molar-refractivity contribution is -0.126. The third-order valence-electron chi connectivity index (χ3n) is 4.26. The van der Waals surface area contributed by atoms with Crippen molar-refractivity contribution in [2.24, 2.45) is 11.8 Å². The molecule has 0 spiro atoms. The van der Waals surface area contributed by atoms with Crippen LogP contribution in [0.3, 0.4) is 0 Å². The molecule has 3 rings (SSSR count). The average Bonchev–Trinajstić information content (AvgIpc) is 2.89. The van der Waals surface area contributed by atoms with Crippen LogP contribution in [0.25, 0.3) is 0 Å². The lowest BCUT2D eigenvalue weighted by atomic mass is 10.0. The maximum Gasteiger partial charge on any atom is 0.253 e. The molecule has 0 aromatic carbocycles. The van der Waals surface area contributed by atoms with Gasteiger partial charge in [-0.05, 0) is 37.5 Å². The summed E-state index contributed by atoms with van der Waals surface area (Å²) in [6.07, 6.45) is 12.4. The normalized spacial score (nSPS) is 32.8. The molecule has 2 aliphatic carbocycles. The van der Waals surface area contributed by atoms with Gasteiger partial charge in [0.25, 0.3) is 5.91 Å². The van der Waals surface area contributed by atoms with Gasteiger partial charge in [-0.2, -0.15) is 0 Å². The number of carbonyl (C=O) groups is 1. The van der Waals surface area contributed by atoms with Crippen LogP contribution in [0.2, 0.25) is 0 Å². The fourth-order valence-electron chi connectivity index (χ4n) is 3.36. The Hall–Kier alpha value is -1.05. The summed E-state index contributed by atoms with van der Waals surface area (Å²) in [5, 5.41) is 0. The number of fused-ring (bicyclic) bond motifs is 1. The molecule has 0 aromatic rings. The quantitative estimate of drug-likeness (QED) is 0.661. The lowest BCUT2D eigenvalue weighted by Gasteiger charge is -2.18. The third kappa shape index (κ3) is 1.70. The Kier molecular flexibility index (Phi) is 2.58. The molecule has 1 heterocycles. The zero-order valence-electron chi connectivity index (χ0n) is 9.69. The van der Waals surface area contributed by atoms with Crippen LogP contribution in [0.4, 0.5) is 0 Å². The van der Waals surface area contributed by atoms with Crippen molar-refractivity contribution in [1.82, 2.24) is 4.90 Å². The highest BCUT2D eigenvalue weighted by Gasteiger charge is 2.38. The summed E-state index contributed by atoms with van der Waals surface area (Å²) in [4.78, 5) is 14.3. The summed E-state index contributed by atoms with van der Waals surface area (Å²) in [7, 11) is 0. The number of allylic oxidation sites excluding steroid dienone is 2. The second kappa shape index (κ2) is 4.08. The minimum atomic E-state index is 0.269. The number of rotatable bonds is 1. The molecule has 0 N–H and O–H groups in total. The fraction of sp³-hybridized carbons (Fsp3) is 0.643. The van der Waals surface area contributed by atoms with Gasteiger partial charge in [0.05, 0.1) is 0 Å². The predicted molar refractivity (Wildman–Crippen MR) is 63.9 cm³/mol. The van der Waals surface area contributed by atoms with E-state index in [0.717, 1.165) is 43.3 Å². The van der Waals surface area contributed by atoms with E-state index in [1.807, 2.05) is 6.08 Å². The molecule has 3 aliphatic rings. The number of carbonyl (C=O) groups excluding carboxylic acids is 1. The highest BCUT2D eigenvalue weighted by molar-refractivity contribution is 5.96. The van der Waals surface area contributed by atoms with Crippen LogP contribution >= 0.6 is 0 Å². The Morgan fingerprint density at radius 1 is 1.19 bits per heavy atom. The van der Waals surface area contributed by atoms with Crippen LogP contribution in [0.5, 0.6) is 0 Å². The number of hydrogen-bond donors (Lipinski definition) is 0. The maximum atomic E-state index is 12.2. The molecule has 2 unspecified atom stereocenters. The van der Waals surface area contributed by atoms with Crippen molar-refractivity contribution in [1.29, 1.82) is 0 Å². The van der Waals surface area contributed by atoms with E-state index in [-0.39, 0.29) is 5.91 Å². The molecular weight excluding hydrogens is 198 g/mol. The SMILES string of the molecule is O=C(C1=CCCC=C1)N1CC2CCCC2C1. The number of amides is 1. The van der Waals surface area contributed by atoms with Crippen molar-refractivity contribution < 1.29 is 4.79 Å². The van der Waals surface area contributed by atoms with Gasteiger partial charge >= 0.3 is 0 Å². The molecule has 1 aliphatic heterocycles. The van der Waals surface area contributed by atoms with E-state index in [1.54, 1.807) is 0 Å². The van der Waals surface area contributed by atoms with Crippen LogP contribution in [-0.4, -0.2) is 23.9 Å². The lowest BCUT2D eigenvalue weighted by Crippen LogP contribution is -2.30. The van der Waals surface area contributed by atoms with Crippen molar-refractivity contribution >= 4 is 5.91 Å². The summed E-state index contributed by atoms with van der Waals surface area (Å²) in [6, 6.07) is 0. The molecule has 2 atom stereocenters. The van der Waals surface area contributed by atoms with Crippen LogP contribution in [-0.2, 0) is 4.79 Å². The third-order valence-corrected chi connectivity index (χ3v) is 4.26. The van der Waals surface area contributed by atoms with Gasteiger partial charge in [-0.1, -0.05) is 24.6 Å². The molecule has 0 bridgehead atoms. The second-order valence-corrected chi connectivity index (χ2v) is 5.30. The van der Waals surface area contributed by atoms with Gasteiger partial charge in [-0.3, -0.25) is 4.79 Å². The van der Waals surface area contributed by atoms with Gasteiger partial charge in [0, 0.05) is 18.7 Å². The molecule has 1 saturated carbocycles. The predicted octanol–water partition coefficient (Wildman–Crippen LogP) is 2.52. The first-order valence-electron chi connectivity index (χ1n) is 6.50. The molecule has 0 radical (unpaired) electrons. The average molecular weight is 217 g/mol. The Bertz CT molecular complexity index is 344. The van der Waals surface area contributed by atoms with Crippen LogP contribution in [0.1, 0.15) is 32.1 Å². The first-order chi connectivity index (χ1) is 7.84. The molecule has 2 fully saturated rings. The number of likely N-dealkylation sites (tertiary alicyclic amines) is 1. The summed E-state index contributed by atoms with van der Waals surface area (Å²) in [5.74, 6) is 1.87. The molecule has 2 heteroatoms. The highest BCUT2D eigenvalue weighted by Crippen LogP contribution is 2.38. The second-order valence-electron chi connectivity index (χ2n) is 5.30. The van der Waals surface area contributed by atoms with Gasteiger partial charge in [-0.25, -0.2) is 0 Å². The summed E-state index contributed by atoms with van der Waals surface area (Å²) < 4.78 is 0. The largest absolute Gasteiger partial charge is 0.338 e. The van der Waals surface area contributed by atoms with Crippen molar-refractivity contribution in [3.05, 3.63) is 23.8 Å². The number of nitrogens with zero attached hydrogens (tertiary/aromatic N) is 1. The van der Waals surface area contributed by atoms with Crippen LogP contribution in [0.15, 0.2) is 23.8 Å². The van der Waals surface area contributed by atoms with E-state index in [9.17, 15) is 4.79 Å². The van der Waals surface area contributed by atoms with E-state index < -0.39 is 0 Å². The molecule has 1 saturated heterocycles. The van der Waals surface area contributed by atoms with Gasteiger partial charge in [0.1, 0.15) is 0 Å². The maximum absolute atomic E-state index is 12.2. The van der Waals surface area contributed by atoms with Crippen molar-refractivity contribution in [2.45, 2.75) is 32.1 Å². The first-order valence-corrected chi connectivity index (χ1v) is 6.50. The topological polar surface area (TPSA) is 20.3 Å². The number of hydrogen-bond acceptors (Lipinski definition) is 1. The fourth-order valence-corrected chi connectivity index (χ4v) is 3.36. The van der Waals surface area contributed by atoms with E-state index in [4.69, 9.17) is 0 Å². The Morgan fingerprint density at radius 2 is 1.94 bits per heavy atom. The standard InChI is InChI=1S/C14H19NO/c16-14(11-5-2-1-3-6-11)15-9-12-7-4-8-13(12)10-15/h2,5-6,12-13H,1,3-4,7-10H2. The van der Waals surface area contributed by atoms with Crippen molar-refractivity contribution in [2.75, 3.05) is 13.1 Å². The summed E-state index contributed by atoms with van der Waals surface area (Å²) in [6.45, 7) is 2.02. The molecule has 2 nitrogen and oxygen atoms in total. The molecular formula is C14H19NO. The molecule has 0 aromatic heterocycles. The highest BCUT2D eigenvalue weighted by atomic mass is 16.2. The Balaban J connectivity index is 1.68. The minimum absolute atomic E-state index is 0.269. The summed E-state index contributed by atoms with van der Waals surface area (Å²) >= 11 is 0. The van der Waals surface area contributed by atoms with Gasteiger partial charge < -0.3 is 4.90 Å². The Labute approximate surface area is 97.0 Å². The zero-order chi connectivity index (χ0) is 11.0. The summed E-state index contributed by atoms with van der Waals surface area (Å²) in [5.41, 5.74) is 0.922. The van der Waals surface area contributed by atoms with Crippen LogP contribution in [0, 0.1) is 11.8 Å². The van der Waals surface area contributed by atoms with Crippen molar-refractivity contribution in [3.8, 4) is 0 Å². The van der Waals surface area contributed by atoms with Gasteiger partial charge in [0.2, 0.25) is 0 Å². The minimum Gasteiger partial charge on any atom is -0.338 e. The molecule has 1 amide bonds. The smallest absolute Gasteiger partial charge is 0.253 e. The Morgan fingerprint density at radius 3 is 2.56 bits per heavy atom. The van der Waals surface area contributed by atoms with Crippen LogP contribution < -0.4 is 0 Å². The first kappa shape index (κ1) is 10.1. The van der Waals surface area contributed by atoms with Gasteiger partial charge in [-0.15, -0.1) is 0 Å².